The van der Waals surface area contributed by atoms with Crippen LogP contribution in [0, 0.1) is 0 Å². The summed E-state index contributed by atoms with van der Waals surface area (Å²) >= 11 is 0. The Hall–Kier alpha value is -3.48. The number of anilines is 1. The largest absolute Gasteiger partial charge is 0.444 e. The van der Waals surface area contributed by atoms with Crippen molar-refractivity contribution < 1.29 is 23.9 Å². The van der Waals surface area contributed by atoms with Crippen LogP contribution in [0.25, 0.3) is 0 Å². The lowest BCUT2D eigenvalue weighted by molar-refractivity contribution is -0.127. The third-order valence-electron chi connectivity index (χ3n) is 3.98. The quantitative estimate of drug-likeness (QED) is 0.651. The van der Waals surface area contributed by atoms with Gasteiger partial charge in [0.1, 0.15) is 0 Å². The van der Waals surface area contributed by atoms with Crippen LogP contribution in [0.5, 0.6) is 0 Å². The van der Waals surface area contributed by atoms with E-state index >= 15 is 0 Å². The Bertz CT molecular complexity index is 863. The first-order valence-corrected chi connectivity index (χ1v) is 7.98. The number of carbonyl (C=O) groups is 4. The number of amides is 3. The molecule has 0 radical (unpaired) electrons. The fourth-order valence-electron chi connectivity index (χ4n) is 2.73. The molecule has 3 amide bonds. The van der Waals surface area contributed by atoms with E-state index in [0.717, 1.165) is 4.90 Å². The molecule has 1 saturated heterocycles. The third kappa shape index (κ3) is 3.46. The molecular weight excluding hydrogens is 336 g/mol. The molecule has 132 valence electrons. The second-order valence-electron chi connectivity index (χ2n) is 5.77. The maximum absolute atomic E-state index is 12.4. The summed E-state index contributed by atoms with van der Waals surface area (Å²) in [6.07, 6.45) is -0.946. The highest BCUT2D eigenvalue weighted by Gasteiger charge is 2.31. The number of nitrogens with zero attached hydrogens (tertiary/aromatic N) is 1. The lowest BCUT2D eigenvalue weighted by Gasteiger charge is -2.17. The first-order valence-electron chi connectivity index (χ1n) is 7.98. The second-order valence-corrected chi connectivity index (χ2v) is 5.77. The van der Waals surface area contributed by atoms with Gasteiger partial charge in [0, 0.05) is 18.4 Å². The van der Waals surface area contributed by atoms with Gasteiger partial charge < -0.3 is 10.5 Å². The number of rotatable bonds is 5. The average molecular weight is 352 g/mol. The van der Waals surface area contributed by atoms with Gasteiger partial charge in [-0.15, -0.1) is 0 Å². The molecule has 26 heavy (non-hydrogen) atoms. The van der Waals surface area contributed by atoms with E-state index in [1.807, 2.05) is 0 Å². The van der Waals surface area contributed by atoms with Crippen molar-refractivity contribution in [3.63, 3.8) is 0 Å². The van der Waals surface area contributed by atoms with Crippen molar-refractivity contribution in [2.75, 3.05) is 4.90 Å². The zero-order chi connectivity index (χ0) is 18.7. The number of carbonyl (C=O) groups excluding carboxylic acids is 4. The van der Waals surface area contributed by atoms with Gasteiger partial charge in [0.2, 0.25) is 17.9 Å². The summed E-state index contributed by atoms with van der Waals surface area (Å²) in [7, 11) is 0. The Morgan fingerprint density at radius 2 is 1.62 bits per heavy atom. The lowest BCUT2D eigenvalue weighted by atomic mass is 10.1. The van der Waals surface area contributed by atoms with Crippen LogP contribution in [0.4, 0.5) is 5.69 Å². The molecule has 0 aromatic heterocycles. The minimum Gasteiger partial charge on any atom is -0.444 e. The molecule has 3 rings (SSSR count). The molecule has 2 aromatic rings. The number of benzene rings is 2. The van der Waals surface area contributed by atoms with Crippen LogP contribution in [0.15, 0.2) is 54.6 Å². The summed E-state index contributed by atoms with van der Waals surface area (Å²) in [5, 5.41) is 0. The van der Waals surface area contributed by atoms with E-state index in [9.17, 15) is 19.2 Å². The Balaban J connectivity index is 1.84. The van der Waals surface area contributed by atoms with Gasteiger partial charge in [-0.1, -0.05) is 36.4 Å². The standard InChI is InChI=1S/C19H16N2O5/c20-18(24)17(12-5-2-1-3-6-12)26-19(25)13-7-4-8-14(11-13)21-15(22)9-10-16(21)23/h1-8,11,17H,9-10H2,(H2,20,24). The van der Waals surface area contributed by atoms with Gasteiger partial charge in [0.05, 0.1) is 11.3 Å². The van der Waals surface area contributed by atoms with Crippen LogP contribution >= 0.6 is 0 Å². The van der Waals surface area contributed by atoms with Crippen LogP contribution in [0.2, 0.25) is 0 Å². The molecule has 1 aliphatic rings. The molecule has 1 fully saturated rings. The Morgan fingerprint density at radius 3 is 2.23 bits per heavy atom. The summed E-state index contributed by atoms with van der Waals surface area (Å²) in [6, 6.07) is 14.4. The van der Waals surface area contributed by atoms with Crippen molar-refractivity contribution in [3.05, 3.63) is 65.7 Å². The van der Waals surface area contributed by atoms with Gasteiger partial charge in [0.25, 0.3) is 5.91 Å². The molecule has 1 aliphatic heterocycles. The van der Waals surface area contributed by atoms with Gasteiger partial charge in [-0.3, -0.25) is 19.3 Å². The fourth-order valence-corrected chi connectivity index (χ4v) is 2.73. The zero-order valence-corrected chi connectivity index (χ0v) is 13.8. The van der Waals surface area contributed by atoms with Crippen molar-refractivity contribution in [1.82, 2.24) is 0 Å². The minimum atomic E-state index is -1.23. The number of hydrogen-bond donors (Lipinski definition) is 1. The number of ether oxygens (including phenoxy) is 1. The summed E-state index contributed by atoms with van der Waals surface area (Å²) < 4.78 is 5.25. The Labute approximate surface area is 149 Å². The molecule has 7 nitrogen and oxygen atoms in total. The summed E-state index contributed by atoms with van der Waals surface area (Å²) in [6.45, 7) is 0. The third-order valence-corrected chi connectivity index (χ3v) is 3.98. The Kier molecular flexibility index (Phi) is 4.79. The molecule has 0 saturated carbocycles. The van der Waals surface area contributed by atoms with Crippen LogP contribution in [-0.2, 0) is 19.1 Å². The number of primary amides is 1. The molecule has 2 N–H and O–H groups in total. The monoisotopic (exact) mass is 352 g/mol. The minimum absolute atomic E-state index is 0.109. The normalized spacial score (nSPS) is 15.0. The highest BCUT2D eigenvalue weighted by atomic mass is 16.5. The highest BCUT2D eigenvalue weighted by molar-refractivity contribution is 6.20. The van der Waals surface area contributed by atoms with E-state index in [0.29, 0.717) is 11.3 Å². The van der Waals surface area contributed by atoms with Crippen molar-refractivity contribution in [2.24, 2.45) is 5.73 Å². The van der Waals surface area contributed by atoms with Gasteiger partial charge in [-0.05, 0) is 18.2 Å². The smallest absolute Gasteiger partial charge is 0.339 e. The SMILES string of the molecule is NC(=O)C(OC(=O)c1cccc(N2C(=O)CCC2=O)c1)c1ccccc1. The van der Waals surface area contributed by atoms with Gasteiger partial charge in [0.15, 0.2) is 0 Å². The van der Waals surface area contributed by atoms with Crippen LogP contribution < -0.4 is 10.6 Å². The molecule has 1 heterocycles. The topological polar surface area (TPSA) is 107 Å². The number of esters is 1. The van der Waals surface area contributed by atoms with E-state index in [4.69, 9.17) is 10.5 Å². The average Bonchev–Trinajstić information content (AvgIpc) is 2.98. The van der Waals surface area contributed by atoms with Gasteiger partial charge in [-0.2, -0.15) is 0 Å². The lowest BCUT2D eigenvalue weighted by Crippen LogP contribution is -2.29. The molecule has 2 aromatic carbocycles. The van der Waals surface area contributed by atoms with E-state index < -0.39 is 18.0 Å². The zero-order valence-electron chi connectivity index (χ0n) is 13.8. The van der Waals surface area contributed by atoms with Gasteiger partial charge in [-0.25, -0.2) is 4.79 Å². The molecule has 7 heteroatoms. The van der Waals surface area contributed by atoms with Gasteiger partial charge >= 0.3 is 5.97 Å². The first-order chi connectivity index (χ1) is 12.5. The maximum atomic E-state index is 12.4. The van der Waals surface area contributed by atoms with Crippen LogP contribution in [-0.4, -0.2) is 23.7 Å². The van der Waals surface area contributed by atoms with E-state index in [2.05, 4.69) is 0 Å². The first kappa shape index (κ1) is 17.3. The number of imide groups is 1. The van der Waals surface area contributed by atoms with Crippen molar-refractivity contribution in [3.8, 4) is 0 Å². The number of nitrogens with two attached hydrogens (primary N) is 1. The van der Waals surface area contributed by atoms with E-state index in [1.54, 1.807) is 36.4 Å². The van der Waals surface area contributed by atoms with Crippen molar-refractivity contribution in [1.29, 1.82) is 0 Å². The van der Waals surface area contributed by atoms with Crippen molar-refractivity contribution in [2.45, 2.75) is 18.9 Å². The van der Waals surface area contributed by atoms with E-state index in [1.165, 1.54) is 18.2 Å². The Morgan fingerprint density at radius 1 is 0.962 bits per heavy atom. The van der Waals surface area contributed by atoms with Crippen LogP contribution in [0.1, 0.15) is 34.9 Å². The highest BCUT2D eigenvalue weighted by Crippen LogP contribution is 2.25. The second kappa shape index (κ2) is 7.18. The molecule has 0 spiro atoms. The predicted octanol–water partition coefficient (Wildman–Crippen LogP) is 1.72. The fraction of sp³-hybridized carbons (Fsp3) is 0.158. The predicted molar refractivity (Wildman–Crippen MR) is 92.0 cm³/mol. The molecular formula is C19H16N2O5. The summed E-state index contributed by atoms with van der Waals surface area (Å²) in [5.74, 6) is -2.22. The summed E-state index contributed by atoms with van der Waals surface area (Å²) in [5.41, 5.74) is 6.20. The summed E-state index contributed by atoms with van der Waals surface area (Å²) in [4.78, 5) is 48.9. The number of hydrogen-bond acceptors (Lipinski definition) is 5. The molecule has 0 bridgehead atoms. The molecule has 1 unspecified atom stereocenters. The molecule has 0 aliphatic carbocycles. The maximum Gasteiger partial charge on any atom is 0.339 e. The van der Waals surface area contributed by atoms with E-state index in [-0.39, 0.29) is 30.2 Å². The molecule has 1 atom stereocenters. The van der Waals surface area contributed by atoms with Crippen molar-refractivity contribution >= 4 is 29.4 Å². The van der Waals surface area contributed by atoms with Crippen LogP contribution in [0.3, 0.4) is 0 Å².